The lowest BCUT2D eigenvalue weighted by molar-refractivity contribution is -0.384. The molecule has 0 bridgehead atoms. The van der Waals surface area contributed by atoms with Gasteiger partial charge in [0.15, 0.2) is 0 Å². The first kappa shape index (κ1) is 15.2. The van der Waals surface area contributed by atoms with Crippen molar-refractivity contribution in [2.24, 2.45) is 0 Å². The van der Waals surface area contributed by atoms with Gasteiger partial charge in [-0.15, -0.1) is 11.8 Å². The zero-order valence-electron chi connectivity index (χ0n) is 11.8. The van der Waals surface area contributed by atoms with Gasteiger partial charge in [-0.3, -0.25) is 10.1 Å². The molecule has 0 amide bonds. The smallest absolute Gasteiger partial charge is 0.292 e. The number of nitro groups is 1. The Morgan fingerprint density at radius 1 is 1.29 bits per heavy atom. The molecule has 0 saturated heterocycles. The number of benzene rings is 2. The Kier molecular flexibility index (Phi) is 5.05. The minimum Gasteiger partial charge on any atom is -0.496 e. The van der Waals surface area contributed by atoms with Crippen LogP contribution in [-0.2, 0) is 5.75 Å². The van der Waals surface area contributed by atoms with E-state index in [0.29, 0.717) is 11.4 Å². The van der Waals surface area contributed by atoms with Gasteiger partial charge in [0.25, 0.3) is 5.69 Å². The summed E-state index contributed by atoms with van der Waals surface area (Å²) in [4.78, 5) is 11.7. The Hall–Kier alpha value is -2.21. The van der Waals surface area contributed by atoms with Crippen molar-refractivity contribution in [3.8, 4) is 5.75 Å². The van der Waals surface area contributed by atoms with E-state index in [2.05, 4.69) is 5.32 Å². The largest absolute Gasteiger partial charge is 0.496 e. The molecule has 0 aromatic heterocycles. The molecule has 0 saturated carbocycles. The Bertz CT molecular complexity index is 647. The van der Waals surface area contributed by atoms with Gasteiger partial charge in [-0.1, -0.05) is 18.2 Å². The van der Waals surface area contributed by atoms with Crippen LogP contribution in [-0.4, -0.2) is 19.1 Å². The van der Waals surface area contributed by atoms with E-state index in [4.69, 9.17) is 4.74 Å². The number of para-hydroxylation sites is 1. The number of hydrogen-bond donors (Lipinski definition) is 1. The maximum Gasteiger partial charge on any atom is 0.292 e. The lowest BCUT2D eigenvalue weighted by atomic mass is 10.2. The number of hydrogen-bond acceptors (Lipinski definition) is 5. The van der Waals surface area contributed by atoms with Crippen LogP contribution in [0.5, 0.6) is 5.75 Å². The highest BCUT2D eigenvalue weighted by molar-refractivity contribution is 7.98. The molecule has 2 rings (SSSR count). The maximum atomic E-state index is 11.0. The van der Waals surface area contributed by atoms with Crippen molar-refractivity contribution < 1.29 is 9.66 Å². The SMILES string of the molecule is CNc1ccc(CSc2ccccc2OC)cc1[N+](=O)[O-]. The highest BCUT2D eigenvalue weighted by Crippen LogP contribution is 2.33. The zero-order chi connectivity index (χ0) is 15.2. The molecule has 0 atom stereocenters. The Morgan fingerprint density at radius 3 is 2.71 bits per heavy atom. The van der Waals surface area contributed by atoms with Crippen molar-refractivity contribution in [3.63, 3.8) is 0 Å². The van der Waals surface area contributed by atoms with E-state index < -0.39 is 0 Å². The van der Waals surface area contributed by atoms with Crippen LogP contribution in [0.1, 0.15) is 5.56 Å². The van der Waals surface area contributed by atoms with Gasteiger partial charge in [0.1, 0.15) is 11.4 Å². The number of methoxy groups -OCH3 is 1. The molecule has 0 heterocycles. The minimum atomic E-state index is -0.372. The number of thioether (sulfide) groups is 1. The number of ether oxygens (including phenoxy) is 1. The summed E-state index contributed by atoms with van der Waals surface area (Å²) >= 11 is 1.59. The summed E-state index contributed by atoms with van der Waals surface area (Å²) in [6, 6.07) is 13.0. The number of rotatable bonds is 6. The first-order chi connectivity index (χ1) is 10.2. The van der Waals surface area contributed by atoms with Gasteiger partial charge in [0.05, 0.1) is 12.0 Å². The first-order valence-corrected chi connectivity index (χ1v) is 7.35. The molecule has 2 aromatic carbocycles. The quantitative estimate of drug-likeness (QED) is 0.497. The summed E-state index contributed by atoms with van der Waals surface area (Å²) in [5.74, 6) is 1.45. The van der Waals surface area contributed by atoms with Crippen molar-refractivity contribution >= 4 is 23.1 Å². The number of nitro benzene ring substituents is 1. The van der Waals surface area contributed by atoms with Gasteiger partial charge in [-0.25, -0.2) is 0 Å². The molecule has 0 unspecified atom stereocenters. The van der Waals surface area contributed by atoms with Crippen LogP contribution in [0.25, 0.3) is 0 Å². The van der Waals surface area contributed by atoms with Crippen LogP contribution < -0.4 is 10.1 Å². The summed E-state index contributed by atoms with van der Waals surface area (Å²) in [7, 11) is 3.30. The monoisotopic (exact) mass is 304 g/mol. The summed E-state index contributed by atoms with van der Waals surface area (Å²) < 4.78 is 5.29. The number of nitrogens with one attached hydrogen (secondary N) is 1. The van der Waals surface area contributed by atoms with Crippen molar-refractivity contribution in [1.29, 1.82) is 0 Å². The number of anilines is 1. The van der Waals surface area contributed by atoms with Crippen LogP contribution in [0, 0.1) is 10.1 Å². The second-order valence-electron chi connectivity index (χ2n) is 4.30. The van der Waals surface area contributed by atoms with Crippen LogP contribution in [0.2, 0.25) is 0 Å². The second-order valence-corrected chi connectivity index (χ2v) is 5.32. The molecule has 110 valence electrons. The lowest BCUT2D eigenvalue weighted by Crippen LogP contribution is -1.97. The molecule has 0 aliphatic heterocycles. The standard InChI is InChI=1S/C15H16N2O3S/c1-16-12-8-7-11(9-13(12)17(18)19)10-21-15-6-4-3-5-14(15)20-2/h3-9,16H,10H2,1-2H3. The Labute approximate surface area is 127 Å². The summed E-state index contributed by atoms with van der Waals surface area (Å²) in [5, 5.41) is 13.9. The van der Waals surface area contributed by atoms with Gasteiger partial charge < -0.3 is 10.1 Å². The topological polar surface area (TPSA) is 64.4 Å². The molecule has 6 heteroatoms. The van der Waals surface area contributed by atoms with E-state index >= 15 is 0 Å². The number of nitrogens with zero attached hydrogens (tertiary/aromatic N) is 1. The van der Waals surface area contributed by atoms with Gasteiger partial charge in [-0.2, -0.15) is 0 Å². The minimum absolute atomic E-state index is 0.0932. The van der Waals surface area contributed by atoms with Crippen molar-refractivity contribution in [3.05, 3.63) is 58.1 Å². The molecule has 0 aliphatic carbocycles. The van der Waals surface area contributed by atoms with E-state index in [9.17, 15) is 10.1 Å². The van der Waals surface area contributed by atoms with Gasteiger partial charge >= 0.3 is 0 Å². The summed E-state index contributed by atoms with van der Waals surface area (Å²) in [5.41, 5.74) is 1.51. The van der Waals surface area contributed by atoms with E-state index in [1.54, 1.807) is 38.1 Å². The fourth-order valence-corrected chi connectivity index (χ4v) is 2.90. The summed E-state index contributed by atoms with van der Waals surface area (Å²) in [6.45, 7) is 0. The third-order valence-electron chi connectivity index (χ3n) is 2.99. The van der Waals surface area contributed by atoms with Gasteiger partial charge in [0.2, 0.25) is 0 Å². The van der Waals surface area contributed by atoms with Crippen LogP contribution >= 0.6 is 11.8 Å². The Morgan fingerprint density at radius 2 is 2.05 bits per heavy atom. The molecular weight excluding hydrogens is 288 g/mol. The van der Waals surface area contributed by atoms with Crippen molar-refractivity contribution in [2.75, 3.05) is 19.5 Å². The van der Waals surface area contributed by atoms with E-state index in [1.165, 1.54) is 0 Å². The molecule has 1 N–H and O–H groups in total. The van der Waals surface area contributed by atoms with Gasteiger partial charge in [-0.05, 0) is 23.8 Å². The molecule has 0 aliphatic rings. The van der Waals surface area contributed by atoms with Gasteiger partial charge in [0, 0.05) is 23.8 Å². The average Bonchev–Trinajstić information content (AvgIpc) is 2.52. The second kappa shape index (κ2) is 6.99. The molecular formula is C15H16N2O3S. The Balaban J connectivity index is 2.17. The molecule has 21 heavy (non-hydrogen) atoms. The molecule has 0 radical (unpaired) electrons. The molecule has 2 aromatic rings. The predicted octanol–water partition coefficient (Wildman–Crippen LogP) is 3.94. The third kappa shape index (κ3) is 3.66. The van der Waals surface area contributed by atoms with Crippen molar-refractivity contribution in [2.45, 2.75) is 10.6 Å². The zero-order valence-corrected chi connectivity index (χ0v) is 12.6. The molecule has 0 spiro atoms. The summed E-state index contributed by atoms with van der Waals surface area (Å²) in [6.07, 6.45) is 0. The highest BCUT2D eigenvalue weighted by Gasteiger charge is 2.13. The van der Waals surface area contributed by atoms with E-state index in [0.717, 1.165) is 16.2 Å². The first-order valence-electron chi connectivity index (χ1n) is 6.36. The normalized spacial score (nSPS) is 10.2. The van der Waals surface area contributed by atoms with Crippen molar-refractivity contribution in [1.82, 2.24) is 0 Å². The van der Waals surface area contributed by atoms with Crippen LogP contribution in [0.4, 0.5) is 11.4 Å². The average molecular weight is 304 g/mol. The molecule has 0 fully saturated rings. The highest BCUT2D eigenvalue weighted by atomic mass is 32.2. The third-order valence-corrected chi connectivity index (χ3v) is 4.12. The van der Waals surface area contributed by atoms with Crippen LogP contribution in [0.3, 0.4) is 0 Å². The molecule has 5 nitrogen and oxygen atoms in total. The predicted molar refractivity (Wildman–Crippen MR) is 85.2 cm³/mol. The lowest BCUT2D eigenvalue weighted by Gasteiger charge is -2.08. The van der Waals surface area contributed by atoms with Crippen LogP contribution in [0.15, 0.2) is 47.4 Å². The van der Waals surface area contributed by atoms with E-state index in [-0.39, 0.29) is 10.6 Å². The van der Waals surface area contributed by atoms with E-state index in [1.807, 2.05) is 30.3 Å². The fourth-order valence-electron chi connectivity index (χ4n) is 1.93. The maximum absolute atomic E-state index is 11.0. The fraction of sp³-hybridized carbons (Fsp3) is 0.200.